The number of benzene rings is 1. The number of aryl methyl sites for hydroxylation is 1. The fraction of sp³-hybridized carbons (Fsp3) is 0.625. The molecule has 94 valence electrons. The maximum atomic E-state index is 3.65. The summed E-state index contributed by atoms with van der Waals surface area (Å²) in [6.45, 7) is 5.51. The molecular formula is C16H25N. The molecule has 1 aromatic rings. The lowest BCUT2D eigenvalue weighted by Crippen LogP contribution is -2.32. The predicted molar refractivity (Wildman–Crippen MR) is 74.2 cm³/mol. The van der Waals surface area contributed by atoms with Gasteiger partial charge in [-0.3, -0.25) is 0 Å². The summed E-state index contributed by atoms with van der Waals surface area (Å²) in [6, 6.07) is 9.86. The van der Waals surface area contributed by atoms with E-state index in [-0.39, 0.29) is 0 Å². The molecule has 0 aliphatic heterocycles. The Morgan fingerprint density at radius 2 is 1.88 bits per heavy atom. The van der Waals surface area contributed by atoms with E-state index in [1.165, 1.54) is 43.2 Å². The number of hydrogen-bond acceptors (Lipinski definition) is 1. The maximum absolute atomic E-state index is 3.65. The second-order valence-electron chi connectivity index (χ2n) is 5.22. The highest BCUT2D eigenvalue weighted by Gasteiger charge is 2.27. The van der Waals surface area contributed by atoms with E-state index in [9.17, 15) is 0 Å². The summed E-state index contributed by atoms with van der Waals surface area (Å²) in [5.41, 5.74) is 2.96. The lowest BCUT2D eigenvalue weighted by molar-refractivity contribution is 0.233. The predicted octanol–water partition coefficient (Wildman–Crippen LogP) is 4.09. The molecule has 2 rings (SSSR count). The minimum atomic E-state index is 0.587. The molecule has 1 unspecified atom stereocenters. The number of nitrogens with one attached hydrogen (secondary N) is 1. The minimum absolute atomic E-state index is 0.587. The standard InChI is InChI=1S/C16H25N/c1-3-6-13-9-11-15(12-10-13)16(17-4-2)14-7-5-8-14/h9-12,14,16-17H,3-8H2,1-2H3. The second-order valence-corrected chi connectivity index (χ2v) is 5.22. The van der Waals surface area contributed by atoms with Crippen LogP contribution in [-0.4, -0.2) is 6.54 Å². The third kappa shape index (κ3) is 3.10. The summed E-state index contributed by atoms with van der Waals surface area (Å²) >= 11 is 0. The molecule has 1 N–H and O–H groups in total. The van der Waals surface area contributed by atoms with Gasteiger partial charge in [-0.15, -0.1) is 0 Å². The van der Waals surface area contributed by atoms with Crippen molar-refractivity contribution in [2.24, 2.45) is 5.92 Å². The van der Waals surface area contributed by atoms with Crippen molar-refractivity contribution in [1.82, 2.24) is 5.32 Å². The molecule has 0 amide bonds. The molecule has 1 atom stereocenters. The SMILES string of the molecule is CCCc1ccc(C(NCC)C2CCC2)cc1. The van der Waals surface area contributed by atoms with E-state index in [2.05, 4.69) is 43.4 Å². The van der Waals surface area contributed by atoms with Crippen molar-refractivity contribution < 1.29 is 0 Å². The van der Waals surface area contributed by atoms with Crippen LogP contribution in [-0.2, 0) is 6.42 Å². The Kier molecular flexibility index (Phi) is 4.61. The van der Waals surface area contributed by atoms with Gasteiger partial charge in [0.15, 0.2) is 0 Å². The highest BCUT2D eigenvalue weighted by molar-refractivity contribution is 5.26. The van der Waals surface area contributed by atoms with Crippen LogP contribution in [0.15, 0.2) is 24.3 Å². The van der Waals surface area contributed by atoms with Crippen LogP contribution in [0.25, 0.3) is 0 Å². The van der Waals surface area contributed by atoms with Crippen LogP contribution in [0.5, 0.6) is 0 Å². The Bertz CT molecular complexity index is 324. The molecular weight excluding hydrogens is 206 g/mol. The first-order valence-corrected chi connectivity index (χ1v) is 7.17. The van der Waals surface area contributed by atoms with E-state index in [0.717, 1.165) is 12.5 Å². The van der Waals surface area contributed by atoms with Crippen molar-refractivity contribution >= 4 is 0 Å². The molecule has 1 nitrogen and oxygen atoms in total. The molecule has 1 aliphatic carbocycles. The zero-order chi connectivity index (χ0) is 12.1. The molecule has 0 radical (unpaired) electrons. The third-order valence-corrected chi connectivity index (χ3v) is 3.92. The highest BCUT2D eigenvalue weighted by Crippen LogP contribution is 2.37. The van der Waals surface area contributed by atoms with Crippen molar-refractivity contribution in [2.75, 3.05) is 6.54 Å². The summed E-state index contributed by atoms with van der Waals surface area (Å²) in [7, 11) is 0. The van der Waals surface area contributed by atoms with Gasteiger partial charge in [0.1, 0.15) is 0 Å². The smallest absolute Gasteiger partial charge is 0.0348 e. The van der Waals surface area contributed by atoms with E-state index in [1.54, 1.807) is 0 Å². The summed E-state index contributed by atoms with van der Waals surface area (Å²) in [6.07, 6.45) is 6.65. The van der Waals surface area contributed by atoms with Crippen LogP contribution in [0, 0.1) is 5.92 Å². The fourth-order valence-corrected chi connectivity index (χ4v) is 2.73. The van der Waals surface area contributed by atoms with Gasteiger partial charge in [0.25, 0.3) is 0 Å². The van der Waals surface area contributed by atoms with Gasteiger partial charge in [-0.2, -0.15) is 0 Å². The Morgan fingerprint density at radius 3 is 2.35 bits per heavy atom. The van der Waals surface area contributed by atoms with Crippen molar-refractivity contribution in [3.63, 3.8) is 0 Å². The Morgan fingerprint density at radius 1 is 1.18 bits per heavy atom. The quantitative estimate of drug-likeness (QED) is 0.777. The highest BCUT2D eigenvalue weighted by atomic mass is 14.9. The van der Waals surface area contributed by atoms with Gasteiger partial charge in [0.2, 0.25) is 0 Å². The molecule has 17 heavy (non-hydrogen) atoms. The summed E-state index contributed by atoms with van der Waals surface area (Å²) < 4.78 is 0. The zero-order valence-electron chi connectivity index (χ0n) is 11.2. The van der Waals surface area contributed by atoms with Crippen LogP contribution in [0.1, 0.15) is 56.7 Å². The fourth-order valence-electron chi connectivity index (χ4n) is 2.73. The van der Waals surface area contributed by atoms with Gasteiger partial charge in [-0.1, -0.05) is 51.0 Å². The van der Waals surface area contributed by atoms with Crippen LogP contribution >= 0.6 is 0 Å². The summed E-state index contributed by atoms with van der Waals surface area (Å²) in [5, 5.41) is 3.65. The molecule has 0 spiro atoms. The normalized spacial score (nSPS) is 17.8. The van der Waals surface area contributed by atoms with Crippen molar-refractivity contribution in [3.05, 3.63) is 35.4 Å². The minimum Gasteiger partial charge on any atom is -0.310 e. The van der Waals surface area contributed by atoms with E-state index < -0.39 is 0 Å². The van der Waals surface area contributed by atoms with Crippen LogP contribution in [0.3, 0.4) is 0 Å². The van der Waals surface area contributed by atoms with E-state index >= 15 is 0 Å². The van der Waals surface area contributed by atoms with E-state index in [1.807, 2.05) is 0 Å². The van der Waals surface area contributed by atoms with Gasteiger partial charge in [-0.05, 0) is 42.9 Å². The third-order valence-electron chi connectivity index (χ3n) is 3.92. The Labute approximate surface area is 106 Å². The molecule has 0 aromatic heterocycles. The molecule has 0 bridgehead atoms. The van der Waals surface area contributed by atoms with Crippen LogP contribution in [0.4, 0.5) is 0 Å². The second kappa shape index (κ2) is 6.20. The zero-order valence-corrected chi connectivity index (χ0v) is 11.2. The van der Waals surface area contributed by atoms with Crippen molar-refractivity contribution in [2.45, 2.75) is 52.0 Å². The number of hydrogen-bond donors (Lipinski definition) is 1. The first-order valence-electron chi connectivity index (χ1n) is 7.17. The van der Waals surface area contributed by atoms with Crippen molar-refractivity contribution in [3.8, 4) is 0 Å². The summed E-state index contributed by atoms with van der Waals surface area (Å²) in [4.78, 5) is 0. The van der Waals surface area contributed by atoms with Gasteiger partial charge in [0, 0.05) is 6.04 Å². The van der Waals surface area contributed by atoms with Gasteiger partial charge >= 0.3 is 0 Å². The van der Waals surface area contributed by atoms with Crippen molar-refractivity contribution in [1.29, 1.82) is 0 Å². The lowest BCUT2D eigenvalue weighted by atomic mass is 9.77. The average Bonchev–Trinajstić information content (AvgIpc) is 2.28. The first kappa shape index (κ1) is 12.6. The van der Waals surface area contributed by atoms with Crippen LogP contribution < -0.4 is 5.32 Å². The summed E-state index contributed by atoms with van der Waals surface area (Å²) in [5.74, 6) is 0.868. The van der Waals surface area contributed by atoms with Gasteiger partial charge in [0.05, 0.1) is 0 Å². The molecule has 1 saturated carbocycles. The van der Waals surface area contributed by atoms with E-state index in [4.69, 9.17) is 0 Å². The Hall–Kier alpha value is -0.820. The molecule has 1 fully saturated rings. The van der Waals surface area contributed by atoms with E-state index in [0.29, 0.717) is 6.04 Å². The van der Waals surface area contributed by atoms with Gasteiger partial charge in [-0.25, -0.2) is 0 Å². The molecule has 0 saturated heterocycles. The maximum Gasteiger partial charge on any atom is 0.0348 e. The number of rotatable bonds is 6. The van der Waals surface area contributed by atoms with Crippen LogP contribution in [0.2, 0.25) is 0 Å². The monoisotopic (exact) mass is 231 g/mol. The molecule has 0 heterocycles. The largest absolute Gasteiger partial charge is 0.310 e. The van der Waals surface area contributed by atoms with Gasteiger partial charge < -0.3 is 5.32 Å². The molecule has 1 aromatic carbocycles. The molecule has 1 heteroatoms. The topological polar surface area (TPSA) is 12.0 Å². The average molecular weight is 231 g/mol. The molecule has 1 aliphatic rings. The Balaban J connectivity index is 2.06. The lowest BCUT2D eigenvalue weighted by Gasteiger charge is -2.34. The first-order chi connectivity index (χ1) is 8.35.